The fraction of sp³-hybridized carbons (Fsp3) is 1.00. The molecule has 0 spiro atoms. The lowest BCUT2D eigenvalue weighted by Crippen LogP contribution is -2.45. The van der Waals surface area contributed by atoms with Gasteiger partial charge in [0, 0.05) is 24.9 Å². The topological polar surface area (TPSA) is 15.3 Å². The molecule has 2 nitrogen and oxygen atoms in total. The molecule has 0 aromatic heterocycles. The van der Waals surface area contributed by atoms with E-state index >= 15 is 0 Å². The molecule has 108 valence electrons. The molecule has 1 rings (SSSR count). The molecule has 3 heteroatoms. The van der Waals surface area contributed by atoms with Gasteiger partial charge >= 0.3 is 0 Å². The highest BCUT2D eigenvalue weighted by Gasteiger charge is 2.29. The van der Waals surface area contributed by atoms with Gasteiger partial charge in [0.1, 0.15) is 0 Å². The Morgan fingerprint density at radius 2 is 2.06 bits per heavy atom. The monoisotopic (exact) mass is 272 g/mol. The second-order valence-electron chi connectivity index (χ2n) is 5.77. The summed E-state index contributed by atoms with van der Waals surface area (Å²) in [5.74, 6) is 3.08. The zero-order chi connectivity index (χ0) is 13.4. The van der Waals surface area contributed by atoms with Crippen molar-refractivity contribution in [3.8, 4) is 0 Å². The fourth-order valence-corrected chi connectivity index (χ4v) is 3.70. The molecule has 3 atom stereocenters. The van der Waals surface area contributed by atoms with E-state index in [1.807, 2.05) is 11.8 Å². The Morgan fingerprint density at radius 1 is 1.28 bits per heavy atom. The van der Waals surface area contributed by atoms with Crippen molar-refractivity contribution in [3.63, 3.8) is 0 Å². The molecule has 3 unspecified atom stereocenters. The smallest absolute Gasteiger partial charge is 0.0108 e. The summed E-state index contributed by atoms with van der Waals surface area (Å²) in [4.78, 5) is 2.53. The first-order valence-corrected chi connectivity index (χ1v) is 9.01. The van der Waals surface area contributed by atoms with Gasteiger partial charge < -0.3 is 10.2 Å². The van der Waals surface area contributed by atoms with Crippen molar-refractivity contribution in [1.82, 2.24) is 10.2 Å². The summed E-state index contributed by atoms with van der Waals surface area (Å²) in [7, 11) is 2.29. The van der Waals surface area contributed by atoms with Crippen LogP contribution in [-0.4, -0.2) is 49.6 Å². The highest BCUT2D eigenvalue weighted by Crippen LogP contribution is 2.31. The van der Waals surface area contributed by atoms with Crippen molar-refractivity contribution in [2.45, 2.75) is 45.6 Å². The third-order valence-electron chi connectivity index (χ3n) is 4.36. The van der Waals surface area contributed by atoms with Crippen LogP contribution in [0.3, 0.4) is 0 Å². The second kappa shape index (κ2) is 9.22. The molecular formula is C15H32N2S. The van der Waals surface area contributed by atoms with E-state index in [1.165, 1.54) is 44.5 Å². The SMILES string of the molecule is CCNC1CCC(CC)CC1CN(C)CCSC. The third kappa shape index (κ3) is 5.50. The van der Waals surface area contributed by atoms with Gasteiger partial charge in [0.05, 0.1) is 0 Å². The lowest BCUT2D eigenvalue weighted by molar-refractivity contribution is 0.156. The van der Waals surface area contributed by atoms with Crippen LogP contribution < -0.4 is 5.32 Å². The molecule has 18 heavy (non-hydrogen) atoms. The number of hydrogen-bond acceptors (Lipinski definition) is 3. The molecule has 0 amide bonds. The molecule has 0 aromatic carbocycles. The Bertz CT molecular complexity index is 211. The molecule has 1 aliphatic rings. The number of hydrogen-bond donors (Lipinski definition) is 1. The predicted molar refractivity (Wildman–Crippen MR) is 84.5 cm³/mol. The van der Waals surface area contributed by atoms with Gasteiger partial charge in [-0.2, -0.15) is 11.8 Å². The van der Waals surface area contributed by atoms with E-state index in [1.54, 1.807) is 0 Å². The molecule has 0 heterocycles. The van der Waals surface area contributed by atoms with E-state index < -0.39 is 0 Å². The predicted octanol–water partition coefficient (Wildman–Crippen LogP) is 3.09. The number of nitrogens with zero attached hydrogens (tertiary/aromatic N) is 1. The first-order valence-electron chi connectivity index (χ1n) is 7.62. The Morgan fingerprint density at radius 3 is 2.67 bits per heavy atom. The zero-order valence-corrected chi connectivity index (χ0v) is 13.6. The van der Waals surface area contributed by atoms with E-state index in [0.717, 1.165) is 24.4 Å². The summed E-state index contributed by atoms with van der Waals surface area (Å²) in [5, 5.41) is 3.71. The Kier molecular flexibility index (Phi) is 8.36. The molecule has 0 saturated heterocycles. The summed E-state index contributed by atoms with van der Waals surface area (Å²) in [6, 6.07) is 0.759. The second-order valence-corrected chi connectivity index (χ2v) is 6.75. The van der Waals surface area contributed by atoms with Crippen molar-refractivity contribution in [2.24, 2.45) is 11.8 Å². The van der Waals surface area contributed by atoms with Crippen LogP contribution in [-0.2, 0) is 0 Å². The van der Waals surface area contributed by atoms with Crippen molar-refractivity contribution >= 4 is 11.8 Å². The highest BCUT2D eigenvalue weighted by molar-refractivity contribution is 7.98. The fourth-order valence-electron chi connectivity index (χ4n) is 3.20. The molecule has 0 radical (unpaired) electrons. The van der Waals surface area contributed by atoms with Gasteiger partial charge in [-0.05, 0) is 50.9 Å². The van der Waals surface area contributed by atoms with Crippen LogP contribution in [0, 0.1) is 11.8 Å². The van der Waals surface area contributed by atoms with Gasteiger partial charge in [0.25, 0.3) is 0 Å². The molecule has 0 aromatic rings. The molecule has 0 aliphatic heterocycles. The van der Waals surface area contributed by atoms with Gasteiger partial charge in [-0.25, -0.2) is 0 Å². The summed E-state index contributed by atoms with van der Waals surface area (Å²) in [6.45, 7) is 8.21. The van der Waals surface area contributed by atoms with Crippen molar-refractivity contribution in [3.05, 3.63) is 0 Å². The molecular weight excluding hydrogens is 240 g/mol. The van der Waals surface area contributed by atoms with Gasteiger partial charge in [0.15, 0.2) is 0 Å². The van der Waals surface area contributed by atoms with Crippen LogP contribution in [0.15, 0.2) is 0 Å². The number of thioether (sulfide) groups is 1. The first-order chi connectivity index (χ1) is 8.71. The number of nitrogens with one attached hydrogen (secondary N) is 1. The summed E-state index contributed by atoms with van der Waals surface area (Å²) in [5.41, 5.74) is 0. The molecule has 1 N–H and O–H groups in total. The minimum Gasteiger partial charge on any atom is -0.314 e. The van der Waals surface area contributed by atoms with E-state index in [4.69, 9.17) is 0 Å². The van der Waals surface area contributed by atoms with Crippen LogP contribution >= 0.6 is 11.8 Å². The average Bonchev–Trinajstić information content (AvgIpc) is 2.38. The summed E-state index contributed by atoms with van der Waals surface area (Å²) >= 11 is 1.95. The molecule has 1 fully saturated rings. The van der Waals surface area contributed by atoms with Crippen molar-refractivity contribution in [2.75, 3.05) is 38.7 Å². The van der Waals surface area contributed by atoms with E-state index in [0.29, 0.717) is 0 Å². The Balaban J connectivity index is 2.44. The van der Waals surface area contributed by atoms with Crippen molar-refractivity contribution < 1.29 is 0 Å². The maximum absolute atomic E-state index is 3.71. The van der Waals surface area contributed by atoms with Crippen LogP contribution in [0.1, 0.15) is 39.5 Å². The Labute approximate surface area is 118 Å². The maximum Gasteiger partial charge on any atom is 0.0108 e. The highest BCUT2D eigenvalue weighted by atomic mass is 32.2. The van der Waals surface area contributed by atoms with Crippen molar-refractivity contribution in [1.29, 1.82) is 0 Å². The maximum atomic E-state index is 3.71. The van der Waals surface area contributed by atoms with E-state index in [2.05, 4.69) is 37.4 Å². The van der Waals surface area contributed by atoms with Gasteiger partial charge in [-0.3, -0.25) is 0 Å². The third-order valence-corrected chi connectivity index (χ3v) is 4.95. The lowest BCUT2D eigenvalue weighted by atomic mass is 9.76. The number of rotatable bonds is 8. The standard InChI is InChI=1S/C15H32N2S/c1-5-13-7-8-15(16-6-2)14(11-13)12-17(3)9-10-18-4/h13-16H,5-12H2,1-4H3. The van der Waals surface area contributed by atoms with E-state index in [9.17, 15) is 0 Å². The average molecular weight is 273 g/mol. The minimum absolute atomic E-state index is 0.759. The lowest BCUT2D eigenvalue weighted by Gasteiger charge is -2.38. The Hall–Kier alpha value is 0.270. The van der Waals surface area contributed by atoms with Crippen LogP contribution in [0.5, 0.6) is 0 Å². The molecule has 1 aliphatic carbocycles. The quantitative estimate of drug-likeness (QED) is 0.731. The molecule has 0 bridgehead atoms. The van der Waals surface area contributed by atoms with E-state index in [-0.39, 0.29) is 0 Å². The van der Waals surface area contributed by atoms with Crippen LogP contribution in [0.4, 0.5) is 0 Å². The van der Waals surface area contributed by atoms with Crippen LogP contribution in [0.25, 0.3) is 0 Å². The van der Waals surface area contributed by atoms with Gasteiger partial charge in [-0.15, -0.1) is 0 Å². The van der Waals surface area contributed by atoms with Crippen LogP contribution in [0.2, 0.25) is 0 Å². The van der Waals surface area contributed by atoms with Gasteiger partial charge in [-0.1, -0.05) is 20.3 Å². The molecule has 1 saturated carbocycles. The normalized spacial score (nSPS) is 28.8. The van der Waals surface area contributed by atoms with Gasteiger partial charge in [0.2, 0.25) is 0 Å². The first kappa shape index (κ1) is 16.3. The minimum atomic E-state index is 0.759. The summed E-state index contributed by atoms with van der Waals surface area (Å²) < 4.78 is 0. The summed E-state index contributed by atoms with van der Waals surface area (Å²) in [6.07, 6.45) is 7.80. The largest absolute Gasteiger partial charge is 0.314 e. The zero-order valence-electron chi connectivity index (χ0n) is 12.7.